The van der Waals surface area contributed by atoms with Crippen LogP contribution in [-0.2, 0) is 13.1 Å². The molecule has 2 N–H and O–H groups in total. The van der Waals surface area contributed by atoms with Crippen LogP contribution in [0.3, 0.4) is 0 Å². The minimum absolute atomic E-state index is 0.637. The van der Waals surface area contributed by atoms with E-state index >= 15 is 0 Å². The van der Waals surface area contributed by atoms with Crippen molar-refractivity contribution in [2.75, 3.05) is 5.73 Å². The topological polar surface area (TPSA) is 61.7 Å². The van der Waals surface area contributed by atoms with Crippen LogP contribution in [0, 0.1) is 0 Å². The molecule has 0 unspecified atom stereocenters. The molecule has 0 spiro atoms. The fourth-order valence-corrected chi connectivity index (χ4v) is 2.77. The Bertz CT molecular complexity index is 728. The molecular formula is C13H14BrN5. The molecule has 0 atom stereocenters. The molecule has 0 saturated carbocycles. The molecule has 2 heterocycles. The van der Waals surface area contributed by atoms with Crippen LogP contribution in [-0.4, -0.2) is 19.6 Å². The highest BCUT2D eigenvalue weighted by molar-refractivity contribution is 9.10. The predicted octanol–water partition coefficient (Wildman–Crippen LogP) is 2.65. The van der Waals surface area contributed by atoms with Gasteiger partial charge in [-0.1, -0.05) is 6.07 Å². The lowest BCUT2D eigenvalue weighted by Gasteiger charge is -2.01. The number of nitrogens with two attached hydrogens (primary N) is 1. The second-order valence-electron chi connectivity index (χ2n) is 4.35. The molecule has 0 aliphatic rings. The molecule has 2 aromatic heterocycles. The summed E-state index contributed by atoms with van der Waals surface area (Å²) in [6, 6.07) is 7.84. The lowest BCUT2D eigenvalue weighted by molar-refractivity contribution is 0.622. The molecule has 98 valence electrons. The molecule has 0 amide bonds. The van der Waals surface area contributed by atoms with E-state index in [1.807, 2.05) is 39.8 Å². The molecule has 5 nitrogen and oxygen atoms in total. The van der Waals surface area contributed by atoms with Crippen LogP contribution in [0.15, 0.2) is 35.1 Å². The van der Waals surface area contributed by atoms with Gasteiger partial charge >= 0.3 is 0 Å². The zero-order valence-electron chi connectivity index (χ0n) is 10.5. The average Bonchev–Trinajstić information content (AvgIpc) is 2.96. The van der Waals surface area contributed by atoms with Crippen LogP contribution < -0.4 is 5.73 Å². The number of hydrogen-bond acceptors (Lipinski definition) is 3. The van der Waals surface area contributed by atoms with Gasteiger partial charge < -0.3 is 5.73 Å². The maximum atomic E-state index is 5.99. The van der Waals surface area contributed by atoms with E-state index in [4.69, 9.17) is 5.73 Å². The van der Waals surface area contributed by atoms with Gasteiger partial charge in [0.15, 0.2) is 0 Å². The van der Waals surface area contributed by atoms with E-state index in [0.717, 1.165) is 33.4 Å². The van der Waals surface area contributed by atoms with Gasteiger partial charge in [0.2, 0.25) is 0 Å². The van der Waals surface area contributed by atoms with Crippen molar-refractivity contribution in [1.82, 2.24) is 19.6 Å². The molecule has 6 heteroatoms. The van der Waals surface area contributed by atoms with Crippen LogP contribution in [0.5, 0.6) is 0 Å². The number of nitrogen functional groups attached to an aromatic ring is 1. The number of hydrogen-bond donors (Lipinski definition) is 1. The fourth-order valence-electron chi connectivity index (χ4n) is 2.15. The van der Waals surface area contributed by atoms with Crippen molar-refractivity contribution in [2.24, 2.45) is 0 Å². The summed E-state index contributed by atoms with van der Waals surface area (Å²) in [6.07, 6.45) is 1.98. The van der Waals surface area contributed by atoms with Gasteiger partial charge in [0.05, 0.1) is 23.1 Å². The van der Waals surface area contributed by atoms with Gasteiger partial charge in [0, 0.05) is 18.4 Å². The summed E-state index contributed by atoms with van der Waals surface area (Å²) in [5.41, 5.74) is 8.72. The minimum Gasteiger partial charge on any atom is -0.398 e. The van der Waals surface area contributed by atoms with E-state index in [1.54, 1.807) is 0 Å². The zero-order chi connectivity index (χ0) is 13.4. The van der Waals surface area contributed by atoms with Crippen molar-refractivity contribution in [2.45, 2.75) is 20.0 Å². The first-order valence-electron chi connectivity index (χ1n) is 6.12. The van der Waals surface area contributed by atoms with Crippen molar-refractivity contribution in [3.05, 3.63) is 40.8 Å². The molecule has 3 rings (SSSR count). The zero-order valence-corrected chi connectivity index (χ0v) is 12.1. The molecule has 0 aliphatic heterocycles. The summed E-state index contributed by atoms with van der Waals surface area (Å²) in [5, 5.41) is 9.91. The Morgan fingerprint density at radius 3 is 2.84 bits per heavy atom. The summed E-state index contributed by atoms with van der Waals surface area (Å²) in [5.74, 6) is 0. The van der Waals surface area contributed by atoms with Crippen LogP contribution in [0.2, 0.25) is 0 Å². The van der Waals surface area contributed by atoms with Gasteiger partial charge in [0.1, 0.15) is 4.60 Å². The first kappa shape index (κ1) is 12.2. The van der Waals surface area contributed by atoms with E-state index in [0.29, 0.717) is 6.54 Å². The third-order valence-electron chi connectivity index (χ3n) is 3.10. The molecule has 0 aliphatic carbocycles. The molecule has 0 bridgehead atoms. The van der Waals surface area contributed by atoms with E-state index < -0.39 is 0 Å². The number of rotatable bonds is 3. The fraction of sp³-hybridized carbons (Fsp3) is 0.231. The molecule has 3 aromatic rings. The van der Waals surface area contributed by atoms with Crippen LogP contribution >= 0.6 is 15.9 Å². The lowest BCUT2D eigenvalue weighted by atomic mass is 10.2. The maximum absolute atomic E-state index is 5.99. The van der Waals surface area contributed by atoms with Crippen molar-refractivity contribution < 1.29 is 0 Å². The summed E-state index contributed by atoms with van der Waals surface area (Å²) in [6.45, 7) is 3.58. The molecule has 19 heavy (non-hydrogen) atoms. The van der Waals surface area contributed by atoms with Crippen LogP contribution in [0.25, 0.3) is 10.9 Å². The van der Waals surface area contributed by atoms with E-state index in [2.05, 4.69) is 33.1 Å². The first-order valence-corrected chi connectivity index (χ1v) is 6.91. The number of benzene rings is 1. The number of aryl methyl sites for hydroxylation is 1. The first-order chi connectivity index (χ1) is 9.19. The Labute approximate surface area is 119 Å². The largest absolute Gasteiger partial charge is 0.398 e. The lowest BCUT2D eigenvalue weighted by Crippen LogP contribution is -2.03. The molecule has 0 fully saturated rings. The predicted molar refractivity (Wildman–Crippen MR) is 78.8 cm³/mol. The van der Waals surface area contributed by atoms with Crippen molar-refractivity contribution in [3.8, 4) is 0 Å². The number of halogens is 1. The highest BCUT2D eigenvalue weighted by Crippen LogP contribution is 2.28. The van der Waals surface area contributed by atoms with Crippen molar-refractivity contribution in [1.29, 1.82) is 0 Å². The molecule has 1 aromatic carbocycles. The van der Waals surface area contributed by atoms with Crippen molar-refractivity contribution >= 4 is 32.5 Å². The van der Waals surface area contributed by atoms with Gasteiger partial charge in [0.25, 0.3) is 0 Å². The number of nitrogens with zero attached hydrogens (tertiary/aromatic N) is 4. The van der Waals surface area contributed by atoms with Gasteiger partial charge in [-0.3, -0.25) is 9.36 Å². The monoisotopic (exact) mass is 319 g/mol. The van der Waals surface area contributed by atoms with E-state index in [1.165, 1.54) is 0 Å². The number of anilines is 1. The average molecular weight is 320 g/mol. The van der Waals surface area contributed by atoms with Crippen LogP contribution in [0.1, 0.15) is 12.6 Å². The Morgan fingerprint density at radius 2 is 2.11 bits per heavy atom. The number of fused-ring (bicyclic) bond motifs is 1. The Hall–Kier alpha value is -1.82. The Morgan fingerprint density at radius 1 is 1.26 bits per heavy atom. The van der Waals surface area contributed by atoms with Gasteiger partial charge in [-0.15, -0.1) is 0 Å². The third-order valence-corrected chi connectivity index (χ3v) is 3.65. The third kappa shape index (κ3) is 2.12. The Balaban J connectivity index is 2.03. The second kappa shape index (κ2) is 4.70. The van der Waals surface area contributed by atoms with Gasteiger partial charge in [-0.25, -0.2) is 0 Å². The Kier molecular flexibility index (Phi) is 3.02. The highest BCUT2D eigenvalue weighted by atomic mass is 79.9. The summed E-state index contributed by atoms with van der Waals surface area (Å²) < 4.78 is 4.60. The molecule has 0 radical (unpaired) electrons. The maximum Gasteiger partial charge on any atom is 0.138 e. The van der Waals surface area contributed by atoms with Gasteiger partial charge in [-0.05, 0) is 41.1 Å². The normalized spacial score (nSPS) is 11.3. The minimum atomic E-state index is 0.637. The van der Waals surface area contributed by atoms with E-state index in [9.17, 15) is 0 Å². The van der Waals surface area contributed by atoms with Crippen LogP contribution in [0.4, 0.5) is 5.69 Å². The van der Waals surface area contributed by atoms with Gasteiger partial charge in [-0.2, -0.15) is 10.2 Å². The summed E-state index contributed by atoms with van der Waals surface area (Å²) in [7, 11) is 0. The highest BCUT2D eigenvalue weighted by Gasteiger charge is 2.11. The number of aromatic nitrogens is 4. The molecular weight excluding hydrogens is 306 g/mol. The van der Waals surface area contributed by atoms with E-state index in [-0.39, 0.29) is 0 Å². The summed E-state index contributed by atoms with van der Waals surface area (Å²) >= 11 is 3.46. The quantitative estimate of drug-likeness (QED) is 0.755. The molecule has 0 saturated heterocycles. The van der Waals surface area contributed by atoms with Crippen molar-refractivity contribution in [3.63, 3.8) is 0 Å². The second-order valence-corrected chi connectivity index (χ2v) is 5.10. The standard InChI is InChI=1S/C13H14BrN5/c1-2-18-7-6-9(16-18)8-19-11-5-3-4-10(15)12(11)13(14)17-19/h3-7H,2,8,15H2,1H3. The summed E-state index contributed by atoms with van der Waals surface area (Å²) in [4.78, 5) is 0. The SMILES string of the molecule is CCn1ccc(Cn2nc(Br)c3c(N)cccc32)n1. The smallest absolute Gasteiger partial charge is 0.138 e.